The van der Waals surface area contributed by atoms with Crippen LogP contribution in [0.3, 0.4) is 0 Å². The van der Waals surface area contributed by atoms with E-state index >= 15 is 0 Å². The van der Waals surface area contributed by atoms with Gasteiger partial charge in [-0.1, -0.05) is 17.7 Å². The van der Waals surface area contributed by atoms with Crippen LogP contribution in [0.5, 0.6) is 5.75 Å². The summed E-state index contributed by atoms with van der Waals surface area (Å²) in [5, 5.41) is 0.340. The number of benzene rings is 2. The minimum atomic E-state index is -3.49. The predicted octanol–water partition coefficient (Wildman–Crippen LogP) is 3.65. The largest absolute Gasteiger partial charge is 0.421 e. The molecule has 1 saturated heterocycles. The average molecular weight is 380 g/mol. The predicted molar refractivity (Wildman–Crippen MR) is 95.6 cm³/mol. The Labute approximate surface area is 152 Å². The third-order valence-electron chi connectivity index (χ3n) is 4.08. The lowest BCUT2D eigenvalue weighted by atomic mass is 10.2. The van der Waals surface area contributed by atoms with Crippen molar-refractivity contribution >= 4 is 27.6 Å². The SMILES string of the molecule is Cc1ccc(Cl)c(OC(=O)c2ccc(S(=O)(=O)N3CCCC3)cc2)c1. The lowest BCUT2D eigenvalue weighted by Gasteiger charge is -2.15. The fraction of sp³-hybridized carbons (Fsp3) is 0.278. The Morgan fingerprint density at radius 1 is 1.08 bits per heavy atom. The molecular formula is C18H18ClNO4S. The van der Waals surface area contributed by atoms with Crippen LogP contribution in [0.2, 0.25) is 5.02 Å². The summed E-state index contributed by atoms with van der Waals surface area (Å²) < 4.78 is 31.7. The molecule has 132 valence electrons. The Hall–Kier alpha value is -1.89. The van der Waals surface area contributed by atoms with Crippen molar-refractivity contribution in [3.8, 4) is 5.75 Å². The van der Waals surface area contributed by atoms with E-state index in [1.807, 2.05) is 13.0 Å². The summed E-state index contributed by atoms with van der Waals surface area (Å²) in [6.45, 7) is 2.95. The lowest BCUT2D eigenvalue weighted by Crippen LogP contribution is -2.27. The van der Waals surface area contributed by atoms with Gasteiger partial charge in [-0.2, -0.15) is 4.31 Å². The van der Waals surface area contributed by atoms with E-state index in [-0.39, 0.29) is 16.2 Å². The van der Waals surface area contributed by atoms with Crippen molar-refractivity contribution in [1.29, 1.82) is 0 Å². The highest BCUT2D eigenvalue weighted by molar-refractivity contribution is 7.89. The molecule has 0 aromatic heterocycles. The maximum atomic E-state index is 12.5. The molecule has 0 atom stereocenters. The molecule has 1 aliphatic rings. The van der Waals surface area contributed by atoms with Crippen LogP contribution in [0, 0.1) is 6.92 Å². The third kappa shape index (κ3) is 3.86. The van der Waals surface area contributed by atoms with Crippen LogP contribution in [0.1, 0.15) is 28.8 Å². The number of esters is 1. The molecule has 0 spiro atoms. The second-order valence-corrected chi connectivity index (χ2v) is 8.30. The van der Waals surface area contributed by atoms with Gasteiger partial charge in [-0.05, 0) is 61.7 Å². The van der Waals surface area contributed by atoms with Crippen LogP contribution in [-0.4, -0.2) is 31.8 Å². The van der Waals surface area contributed by atoms with E-state index in [2.05, 4.69) is 0 Å². The number of halogens is 1. The molecule has 1 aliphatic heterocycles. The topological polar surface area (TPSA) is 63.7 Å². The second kappa shape index (κ2) is 7.15. The summed E-state index contributed by atoms with van der Waals surface area (Å²) in [4.78, 5) is 12.4. The van der Waals surface area contributed by atoms with Gasteiger partial charge in [0.2, 0.25) is 10.0 Å². The molecule has 7 heteroatoms. The number of hydrogen-bond donors (Lipinski definition) is 0. The van der Waals surface area contributed by atoms with E-state index in [1.165, 1.54) is 28.6 Å². The zero-order chi connectivity index (χ0) is 18.0. The smallest absolute Gasteiger partial charge is 0.343 e. The number of hydrogen-bond acceptors (Lipinski definition) is 4. The standard InChI is InChI=1S/C18H18ClNO4S/c1-13-4-9-16(19)17(12-13)24-18(21)14-5-7-15(8-6-14)25(22,23)20-10-2-3-11-20/h4-9,12H,2-3,10-11H2,1H3. The van der Waals surface area contributed by atoms with Gasteiger partial charge in [0.25, 0.3) is 0 Å². The Bertz CT molecular complexity index is 888. The quantitative estimate of drug-likeness (QED) is 0.600. The van der Waals surface area contributed by atoms with Gasteiger partial charge in [0.05, 0.1) is 15.5 Å². The summed E-state index contributed by atoms with van der Waals surface area (Å²) in [6, 6.07) is 10.9. The molecule has 3 rings (SSSR count). The molecule has 2 aromatic rings. The fourth-order valence-electron chi connectivity index (χ4n) is 2.69. The van der Waals surface area contributed by atoms with Crippen molar-refractivity contribution in [3.63, 3.8) is 0 Å². The first-order valence-corrected chi connectivity index (χ1v) is 9.78. The van der Waals surface area contributed by atoms with Gasteiger partial charge in [0, 0.05) is 13.1 Å². The average Bonchev–Trinajstić information content (AvgIpc) is 3.13. The number of sulfonamides is 1. The van der Waals surface area contributed by atoms with Gasteiger partial charge >= 0.3 is 5.97 Å². The van der Waals surface area contributed by atoms with Gasteiger partial charge in [-0.15, -0.1) is 0 Å². The summed E-state index contributed by atoms with van der Waals surface area (Å²) in [5.41, 5.74) is 1.18. The Kier molecular flexibility index (Phi) is 5.13. The molecule has 0 bridgehead atoms. The monoisotopic (exact) mass is 379 g/mol. The zero-order valence-corrected chi connectivity index (χ0v) is 15.3. The van der Waals surface area contributed by atoms with Crippen LogP contribution < -0.4 is 4.74 Å². The van der Waals surface area contributed by atoms with Crippen LogP contribution in [-0.2, 0) is 10.0 Å². The lowest BCUT2D eigenvalue weighted by molar-refractivity contribution is 0.0734. The zero-order valence-electron chi connectivity index (χ0n) is 13.7. The van der Waals surface area contributed by atoms with Gasteiger partial charge in [0.15, 0.2) is 0 Å². The van der Waals surface area contributed by atoms with Gasteiger partial charge in [0.1, 0.15) is 5.75 Å². The van der Waals surface area contributed by atoms with E-state index in [4.69, 9.17) is 16.3 Å². The molecule has 0 unspecified atom stereocenters. The number of nitrogens with zero attached hydrogens (tertiary/aromatic N) is 1. The first-order valence-electron chi connectivity index (χ1n) is 7.96. The summed E-state index contributed by atoms with van der Waals surface area (Å²) in [6.07, 6.45) is 1.75. The molecule has 1 fully saturated rings. The molecule has 0 amide bonds. The normalized spacial score (nSPS) is 15.3. The molecular weight excluding hydrogens is 362 g/mol. The first kappa shape index (κ1) is 17.9. The summed E-state index contributed by atoms with van der Waals surface area (Å²) in [5.74, 6) is -0.307. The van der Waals surface area contributed by atoms with Crippen molar-refractivity contribution in [2.45, 2.75) is 24.7 Å². The Morgan fingerprint density at radius 2 is 1.72 bits per heavy atom. The molecule has 1 heterocycles. The number of carbonyl (C=O) groups excluding carboxylic acids is 1. The maximum Gasteiger partial charge on any atom is 0.343 e. The highest BCUT2D eigenvalue weighted by Gasteiger charge is 2.27. The maximum absolute atomic E-state index is 12.5. The van der Waals surface area contributed by atoms with Crippen molar-refractivity contribution in [2.24, 2.45) is 0 Å². The molecule has 5 nitrogen and oxygen atoms in total. The molecule has 0 saturated carbocycles. The number of carbonyl (C=O) groups is 1. The van der Waals surface area contributed by atoms with Crippen LogP contribution in [0.15, 0.2) is 47.4 Å². The van der Waals surface area contributed by atoms with Crippen LogP contribution >= 0.6 is 11.6 Å². The highest BCUT2D eigenvalue weighted by Crippen LogP contribution is 2.26. The highest BCUT2D eigenvalue weighted by atomic mass is 35.5. The van der Waals surface area contributed by atoms with Crippen LogP contribution in [0.25, 0.3) is 0 Å². The third-order valence-corrected chi connectivity index (χ3v) is 6.31. The van der Waals surface area contributed by atoms with E-state index < -0.39 is 16.0 Å². The Morgan fingerprint density at radius 3 is 2.36 bits per heavy atom. The second-order valence-electron chi connectivity index (χ2n) is 5.96. The molecule has 2 aromatic carbocycles. The van der Waals surface area contributed by atoms with Crippen molar-refractivity contribution in [2.75, 3.05) is 13.1 Å². The van der Waals surface area contributed by atoms with E-state index in [0.29, 0.717) is 18.1 Å². The van der Waals surface area contributed by atoms with Gasteiger partial charge < -0.3 is 4.74 Å². The molecule has 0 radical (unpaired) electrons. The van der Waals surface area contributed by atoms with E-state index in [9.17, 15) is 13.2 Å². The number of ether oxygens (including phenoxy) is 1. The number of aryl methyl sites for hydroxylation is 1. The minimum Gasteiger partial charge on any atom is -0.421 e. The van der Waals surface area contributed by atoms with Gasteiger partial charge in [-0.25, -0.2) is 13.2 Å². The van der Waals surface area contributed by atoms with Crippen molar-refractivity contribution < 1.29 is 17.9 Å². The molecule has 0 N–H and O–H groups in total. The minimum absolute atomic E-state index is 0.180. The molecule has 0 aliphatic carbocycles. The summed E-state index contributed by atoms with van der Waals surface area (Å²) >= 11 is 6.02. The molecule has 25 heavy (non-hydrogen) atoms. The van der Waals surface area contributed by atoms with Crippen molar-refractivity contribution in [3.05, 3.63) is 58.6 Å². The van der Waals surface area contributed by atoms with Gasteiger partial charge in [-0.3, -0.25) is 0 Å². The van der Waals surface area contributed by atoms with Crippen LogP contribution in [0.4, 0.5) is 0 Å². The van der Waals surface area contributed by atoms with E-state index in [1.54, 1.807) is 12.1 Å². The summed E-state index contributed by atoms with van der Waals surface area (Å²) in [7, 11) is -3.49. The Balaban J connectivity index is 1.78. The fourth-order valence-corrected chi connectivity index (χ4v) is 4.36. The van der Waals surface area contributed by atoms with E-state index in [0.717, 1.165) is 18.4 Å². The first-order chi connectivity index (χ1) is 11.9. The number of rotatable bonds is 4. The van der Waals surface area contributed by atoms with Crippen molar-refractivity contribution in [1.82, 2.24) is 4.31 Å².